The van der Waals surface area contributed by atoms with Crippen LogP contribution in [0.15, 0.2) is 27.4 Å². The predicted octanol–water partition coefficient (Wildman–Crippen LogP) is 6.20. The van der Waals surface area contributed by atoms with Gasteiger partial charge in [0, 0.05) is 0 Å². The molecule has 0 spiro atoms. The van der Waals surface area contributed by atoms with Crippen LogP contribution in [0.4, 0.5) is 0 Å². The molecule has 0 atom stereocenters. The fourth-order valence-corrected chi connectivity index (χ4v) is 3.14. The number of benzene rings is 1. The third-order valence-corrected chi connectivity index (χ3v) is 4.49. The normalized spacial score (nSPS) is 11.7. The summed E-state index contributed by atoms with van der Waals surface area (Å²) in [5.74, 6) is 0.168. The summed E-state index contributed by atoms with van der Waals surface area (Å²) in [6.07, 6.45) is 9.52. The van der Waals surface area contributed by atoms with Crippen LogP contribution in [0.25, 0.3) is 11.0 Å². The third-order valence-electron chi connectivity index (χ3n) is 4.49. The highest BCUT2D eigenvalue weighted by Crippen LogP contribution is 2.39. The van der Waals surface area contributed by atoms with Gasteiger partial charge in [-0.15, -0.1) is 0 Å². The number of hydrogen-bond donors (Lipinski definition) is 1. The van der Waals surface area contributed by atoms with E-state index in [0.717, 1.165) is 12.8 Å². The Morgan fingerprint density at radius 1 is 1.00 bits per heavy atom. The lowest BCUT2D eigenvalue weighted by Crippen LogP contribution is -2.23. The average molecular weight is 391 g/mol. The Hall–Kier alpha value is -2.17. The van der Waals surface area contributed by atoms with E-state index in [2.05, 4.69) is 6.92 Å². The van der Waals surface area contributed by atoms with E-state index >= 15 is 0 Å². The summed E-state index contributed by atoms with van der Waals surface area (Å²) >= 11 is 0. The van der Waals surface area contributed by atoms with E-state index in [1.54, 1.807) is 18.2 Å². The minimum Gasteiger partial charge on any atom is -0.499 e. The smallest absolute Gasteiger partial charge is 0.382 e. The van der Waals surface area contributed by atoms with Gasteiger partial charge in [0.1, 0.15) is 22.3 Å². The summed E-state index contributed by atoms with van der Waals surface area (Å²) in [5, 5.41) is 10.7. The number of rotatable bonds is 11. The molecule has 1 heterocycles. The molecular weight excluding hydrogens is 356 g/mol. The zero-order valence-electron chi connectivity index (χ0n) is 17.7. The topological polar surface area (TPSA) is 68.9 Å². The Labute approximate surface area is 167 Å². The second-order valence-electron chi connectivity index (χ2n) is 8.23. The summed E-state index contributed by atoms with van der Waals surface area (Å²) in [4.78, 5) is 12.0. The monoisotopic (exact) mass is 390 g/mol. The van der Waals surface area contributed by atoms with Crippen molar-refractivity contribution in [2.45, 2.75) is 84.7 Å². The average Bonchev–Trinajstić information content (AvgIpc) is 2.62. The molecule has 0 bridgehead atoms. The zero-order chi connectivity index (χ0) is 20.6. The molecule has 1 aromatic heterocycles. The van der Waals surface area contributed by atoms with Crippen molar-refractivity contribution in [3.05, 3.63) is 28.6 Å². The van der Waals surface area contributed by atoms with Gasteiger partial charge in [-0.3, -0.25) is 0 Å². The number of ether oxygens (including phenoxy) is 2. The summed E-state index contributed by atoms with van der Waals surface area (Å²) in [5.41, 5.74) is -0.892. The second-order valence-corrected chi connectivity index (χ2v) is 8.23. The quantitative estimate of drug-likeness (QED) is 0.366. The van der Waals surface area contributed by atoms with Crippen molar-refractivity contribution in [2.75, 3.05) is 6.61 Å². The van der Waals surface area contributed by atoms with Gasteiger partial charge in [0.25, 0.3) is 0 Å². The first-order valence-electron chi connectivity index (χ1n) is 10.4. The van der Waals surface area contributed by atoms with Crippen LogP contribution in [0, 0.1) is 0 Å². The zero-order valence-corrected chi connectivity index (χ0v) is 17.7. The van der Waals surface area contributed by atoms with Crippen LogP contribution < -0.4 is 15.1 Å². The van der Waals surface area contributed by atoms with Gasteiger partial charge < -0.3 is 19.0 Å². The number of unbranched alkanes of at least 4 members (excludes halogenated alkanes) is 7. The Balaban J connectivity index is 2.06. The maximum Gasteiger partial charge on any atom is 0.382 e. The lowest BCUT2D eigenvalue weighted by Gasteiger charge is -2.23. The van der Waals surface area contributed by atoms with Gasteiger partial charge in [0.05, 0.1) is 6.61 Å². The Bertz CT molecular complexity index is 801. The first-order chi connectivity index (χ1) is 13.3. The molecule has 0 aliphatic heterocycles. The molecule has 1 aromatic carbocycles. The molecule has 0 aliphatic rings. The summed E-state index contributed by atoms with van der Waals surface area (Å²) in [6.45, 7) is 8.47. The second kappa shape index (κ2) is 10.4. The minimum absolute atomic E-state index is 0.147. The summed E-state index contributed by atoms with van der Waals surface area (Å²) < 4.78 is 17.0. The van der Waals surface area contributed by atoms with Gasteiger partial charge in [0.15, 0.2) is 5.75 Å². The van der Waals surface area contributed by atoms with Crippen LogP contribution in [0.3, 0.4) is 0 Å². The fraction of sp³-hybridized carbons (Fsp3) is 0.609. The van der Waals surface area contributed by atoms with Gasteiger partial charge in [-0.05, 0) is 39.3 Å². The van der Waals surface area contributed by atoms with E-state index in [9.17, 15) is 9.90 Å². The van der Waals surface area contributed by atoms with E-state index in [1.807, 2.05) is 20.8 Å². The Morgan fingerprint density at radius 2 is 1.64 bits per heavy atom. The molecule has 2 aromatic rings. The molecule has 5 heteroatoms. The lowest BCUT2D eigenvalue weighted by molar-refractivity contribution is 0.132. The maximum absolute atomic E-state index is 12.0. The highest BCUT2D eigenvalue weighted by atomic mass is 16.5. The van der Waals surface area contributed by atoms with E-state index in [4.69, 9.17) is 13.9 Å². The van der Waals surface area contributed by atoms with Crippen molar-refractivity contribution in [2.24, 2.45) is 0 Å². The van der Waals surface area contributed by atoms with Crippen LogP contribution in [-0.4, -0.2) is 17.3 Å². The number of aromatic hydroxyl groups is 1. The third kappa shape index (κ3) is 6.47. The van der Waals surface area contributed by atoms with E-state index in [-0.39, 0.29) is 5.75 Å². The van der Waals surface area contributed by atoms with Crippen LogP contribution in [-0.2, 0) is 0 Å². The lowest BCUT2D eigenvalue weighted by atomic mass is 10.1. The molecule has 0 aliphatic carbocycles. The predicted molar refractivity (Wildman–Crippen MR) is 113 cm³/mol. The highest BCUT2D eigenvalue weighted by Gasteiger charge is 2.22. The van der Waals surface area contributed by atoms with Crippen LogP contribution >= 0.6 is 0 Å². The van der Waals surface area contributed by atoms with Crippen molar-refractivity contribution < 1.29 is 19.0 Å². The van der Waals surface area contributed by atoms with Crippen LogP contribution in [0.1, 0.15) is 79.1 Å². The molecule has 28 heavy (non-hydrogen) atoms. The molecule has 2 rings (SSSR count). The molecule has 156 valence electrons. The van der Waals surface area contributed by atoms with Crippen molar-refractivity contribution in [1.29, 1.82) is 0 Å². The van der Waals surface area contributed by atoms with Crippen LogP contribution in [0.5, 0.6) is 17.2 Å². The molecule has 0 amide bonds. The van der Waals surface area contributed by atoms with E-state index in [0.29, 0.717) is 23.3 Å². The van der Waals surface area contributed by atoms with Crippen LogP contribution in [0.2, 0.25) is 0 Å². The first-order valence-corrected chi connectivity index (χ1v) is 10.4. The van der Waals surface area contributed by atoms with Gasteiger partial charge in [-0.25, -0.2) is 4.79 Å². The van der Waals surface area contributed by atoms with Crippen molar-refractivity contribution in [1.82, 2.24) is 0 Å². The van der Waals surface area contributed by atoms with Gasteiger partial charge >= 0.3 is 5.63 Å². The molecular formula is C23H34O5. The maximum atomic E-state index is 12.0. The number of fused-ring (bicyclic) bond motifs is 1. The van der Waals surface area contributed by atoms with Gasteiger partial charge in [0.2, 0.25) is 5.75 Å². The first kappa shape index (κ1) is 22.1. The van der Waals surface area contributed by atoms with Gasteiger partial charge in [-0.2, -0.15) is 0 Å². The Kier molecular flexibility index (Phi) is 8.21. The summed E-state index contributed by atoms with van der Waals surface area (Å²) in [7, 11) is 0. The SMILES string of the molecule is CCCCCCCCCCOc1c(O)c(=O)oc2cccc(OC(C)(C)C)c12. The van der Waals surface area contributed by atoms with Gasteiger partial charge in [-0.1, -0.05) is 57.9 Å². The molecule has 5 nitrogen and oxygen atoms in total. The Morgan fingerprint density at radius 3 is 2.29 bits per heavy atom. The molecule has 1 N–H and O–H groups in total. The standard InChI is InChI=1S/C23H34O5/c1-5-6-7-8-9-10-11-12-16-26-21-19-17(27-22(25)20(21)24)14-13-15-18(19)28-23(2,3)4/h13-15,24H,5-12,16H2,1-4H3. The van der Waals surface area contributed by atoms with Crippen molar-refractivity contribution in [3.8, 4) is 17.2 Å². The number of hydrogen-bond acceptors (Lipinski definition) is 5. The van der Waals surface area contributed by atoms with Crippen molar-refractivity contribution in [3.63, 3.8) is 0 Å². The van der Waals surface area contributed by atoms with E-state index < -0.39 is 17.0 Å². The highest BCUT2D eigenvalue weighted by molar-refractivity contribution is 5.91. The van der Waals surface area contributed by atoms with E-state index in [1.165, 1.54) is 38.5 Å². The summed E-state index contributed by atoms with van der Waals surface area (Å²) in [6, 6.07) is 5.22. The fourth-order valence-electron chi connectivity index (χ4n) is 3.14. The molecule has 0 fully saturated rings. The molecule has 0 unspecified atom stereocenters. The largest absolute Gasteiger partial charge is 0.499 e. The molecule has 0 saturated carbocycles. The van der Waals surface area contributed by atoms with Crippen molar-refractivity contribution >= 4 is 11.0 Å². The molecule has 0 saturated heterocycles. The minimum atomic E-state index is -0.800. The molecule has 0 radical (unpaired) electrons.